The van der Waals surface area contributed by atoms with Crippen LogP contribution in [0.1, 0.15) is 16.1 Å². The minimum absolute atomic E-state index is 0.104. The molecule has 0 unspecified atom stereocenters. The van der Waals surface area contributed by atoms with Gasteiger partial charge in [-0.2, -0.15) is 4.99 Å². The lowest BCUT2D eigenvalue weighted by molar-refractivity contribution is 0.0989. The van der Waals surface area contributed by atoms with Gasteiger partial charge in [0.25, 0.3) is 0 Å². The van der Waals surface area contributed by atoms with Crippen LogP contribution in [0.15, 0.2) is 76.0 Å². The molecular formula is C19H13FN4O2S. The van der Waals surface area contributed by atoms with Crippen LogP contribution >= 0.6 is 11.3 Å². The van der Waals surface area contributed by atoms with Gasteiger partial charge in [-0.05, 0) is 18.2 Å². The van der Waals surface area contributed by atoms with Gasteiger partial charge >= 0.3 is 5.91 Å². The predicted octanol–water partition coefficient (Wildman–Crippen LogP) is 3.53. The number of hydrogen-bond donors (Lipinski definition) is 0. The maximum absolute atomic E-state index is 13.9. The van der Waals surface area contributed by atoms with Crippen molar-refractivity contribution < 1.29 is 13.7 Å². The van der Waals surface area contributed by atoms with E-state index in [1.807, 2.05) is 0 Å². The Labute approximate surface area is 157 Å². The molecule has 0 aliphatic carbocycles. The second kappa shape index (κ2) is 7.46. The van der Waals surface area contributed by atoms with Gasteiger partial charge in [-0.1, -0.05) is 23.4 Å². The molecule has 8 heteroatoms. The summed E-state index contributed by atoms with van der Waals surface area (Å²) in [5.41, 5.74) is 1.39. The maximum Gasteiger partial charge on any atom is 0.301 e. The van der Waals surface area contributed by atoms with E-state index in [4.69, 9.17) is 4.52 Å². The van der Waals surface area contributed by atoms with Gasteiger partial charge in [-0.15, -0.1) is 11.3 Å². The van der Waals surface area contributed by atoms with Gasteiger partial charge in [0.15, 0.2) is 16.3 Å². The Kier molecular flexibility index (Phi) is 4.71. The third kappa shape index (κ3) is 3.75. The first-order chi connectivity index (χ1) is 13.2. The number of nitrogens with zero attached hydrogens (tertiary/aromatic N) is 4. The molecule has 0 spiro atoms. The summed E-state index contributed by atoms with van der Waals surface area (Å²) in [5, 5.41) is 5.59. The molecule has 27 heavy (non-hydrogen) atoms. The molecule has 0 aliphatic heterocycles. The average molecular weight is 380 g/mol. The molecule has 4 rings (SSSR count). The molecule has 6 nitrogen and oxygen atoms in total. The third-order valence-corrected chi connectivity index (χ3v) is 4.64. The zero-order chi connectivity index (χ0) is 18.6. The van der Waals surface area contributed by atoms with E-state index in [0.717, 1.165) is 5.56 Å². The van der Waals surface area contributed by atoms with E-state index in [9.17, 15) is 9.18 Å². The van der Waals surface area contributed by atoms with Crippen LogP contribution in [0.2, 0.25) is 0 Å². The number of benzene rings is 1. The van der Waals surface area contributed by atoms with Crippen molar-refractivity contribution in [2.45, 2.75) is 6.54 Å². The van der Waals surface area contributed by atoms with Gasteiger partial charge in [0.2, 0.25) is 0 Å². The smallest absolute Gasteiger partial charge is 0.301 e. The molecule has 1 aromatic carbocycles. The molecule has 0 aliphatic rings. The number of amides is 1. The van der Waals surface area contributed by atoms with Gasteiger partial charge in [0.05, 0.1) is 6.54 Å². The van der Waals surface area contributed by atoms with Crippen molar-refractivity contribution >= 4 is 17.2 Å². The lowest BCUT2D eigenvalue weighted by Crippen LogP contribution is -2.17. The van der Waals surface area contributed by atoms with Crippen LogP contribution in [0, 0.1) is 5.82 Å². The SMILES string of the molecule is O=C(N=c1sccn1Cc1ccccc1F)c1cc(-c2ccncc2)on1. The first-order valence-corrected chi connectivity index (χ1v) is 8.92. The lowest BCUT2D eigenvalue weighted by Gasteiger charge is -2.04. The standard InChI is InChI=1S/C19H13FN4O2S/c20-15-4-2-1-3-14(15)12-24-9-10-27-19(24)22-18(25)16-11-17(26-23-16)13-5-7-21-8-6-13/h1-11H,12H2. The summed E-state index contributed by atoms with van der Waals surface area (Å²) in [7, 11) is 0. The summed E-state index contributed by atoms with van der Waals surface area (Å²) >= 11 is 1.29. The fourth-order valence-corrected chi connectivity index (χ4v) is 3.22. The van der Waals surface area contributed by atoms with Crippen molar-refractivity contribution in [3.8, 4) is 11.3 Å². The fraction of sp³-hybridized carbons (Fsp3) is 0.0526. The highest BCUT2D eigenvalue weighted by Crippen LogP contribution is 2.19. The number of rotatable bonds is 4. The molecule has 0 saturated carbocycles. The van der Waals surface area contributed by atoms with E-state index in [-0.39, 0.29) is 18.1 Å². The Hall–Kier alpha value is -3.39. The van der Waals surface area contributed by atoms with Gasteiger partial charge < -0.3 is 9.09 Å². The van der Waals surface area contributed by atoms with E-state index in [1.165, 1.54) is 23.5 Å². The van der Waals surface area contributed by atoms with Gasteiger partial charge in [-0.25, -0.2) is 4.39 Å². The summed E-state index contributed by atoms with van der Waals surface area (Å²) in [4.78, 5) is 20.9. The number of thiazole rings is 1. The molecular weight excluding hydrogens is 367 g/mol. The Balaban J connectivity index is 1.60. The molecule has 3 heterocycles. The summed E-state index contributed by atoms with van der Waals surface area (Å²) in [6, 6.07) is 11.6. The van der Waals surface area contributed by atoms with Crippen molar-refractivity contribution in [1.29, 1.82) is 0 Å². The van der Waals surface area contributed by atoms with Gasteiger partial charge in [0, 0.05) is 41.2 Å². The quantitative estimate of drug-likeness (QED) is 0.543. The van der Waals surface area contributed by atoms with Gasteiger partial charge in [0.1, 0.15) is 5.82 Å². The number of aromatic nitrogens is 3. The van der Waals surface area contributed by atoms with Crippen molar-refractivity contribution in [1.82, 2.24) is 14.7 Å². The first-order valence-electron chi connectivity index (χ1n) is 8.04. The van der Waals surface area contributed by atoms with Crippen molar-refractivity contribution in [3.05, 3.63) is 88.3 Å². The van der Waals surface area contributed by atoms with Crippen LogP contribution in [-0.2, 0) is 6.54 Å². The van der Waals surface area contributed by atoms with Crippen LogP contribution in [0.4, 0.5) is 4.39 Å². The van der Waals surface area contributed by atoms with Crippen LogP contribution in [0.25, 0.3) is 11.3 Å². The minimum atomic E-state index is -0.524. The van der Waals surface area contributed by atoms with Crippen LogP contribution in [-0.4, -0.2) is 20.6 Å². The van der Waals surface area contributed by atoms with E-state index in [1.54, 1.807) is 58.9 Å². The third-order valence-electron chi connectivity index (χ3n) is 3.85. The topological polar surface area (TPSA) is 73.3 Å². The van der Waals surface area contributed by atoms with Gasteiger partial charge in [-0.3, -0.25) is 9.78 Å². The largest absolute Gasteiger partial charge is 0.355 e. The second-order valence-electron chi connectivity index (χ2n) is 5.63. The zero-order valence-electron chi connectivity index (χ0n) is 13.9. The van der Waals surface area contributed by atoms with Crippen LogP contribution in [0.5, 0.6) is 0 Å². The summed E-state index contributed by atoms with van der Waals surface area (Å²) in [5.74, 6) is -0.364. The Bertz CT molecular complexity index is 1150. The van der Waals surface area contributed by atoms with Crippen molar-refractivity contribution in [2.24, 2.45) is 4.99 Å². The van der Waals surface area contributed by atoms with E-state index in [0.29, 0.717) is 16.1 Å². The van der Waals surface area contributed by atoms with Crippen molar-refractivity contribution in [2.75, 3.05) is 0 Å². The number of carbonyl (C=O) groups is 1. The molecule has 0 radical (unpaired) electrons. The summed E-state index contributed by atoms with van der Waals surface area (Å²) in [6.07, 6.45) is 5.01. The molecule has 1 amide bonds. The number of pyridine rings is 1. The highest BCUT2D eigenvalue weighted by Gasteiger charge is 2.13. The zero-order valence-corrected chi connectivity index (χ0v) is 14.8. The molecule has 3 aromatic heterocycles. The lowest BCUT2D eigenvalue weighted by atomic mass is 10.2. The highest BCUT2D eigenvalue weighted by atomic mass is 32.1. The fourth-order valence-electron chi connectivity index (χ4n) is 2.49. The molecule has 0 atom stereocenters. The predicted molar refractivity (Wildman–Crippen MR) is 97.4 cm³/mol. The van der Waals surface area contributed by atoms with Crippen molar-refractivity contribution in [3.63, 3.8) is 0 Å². The Morgan fingerprint density at radius 3 is 2.85 bits per heavy atom. The second-order valence-corrected chi connectivity index (χ2v) is 6.51. The maximum atomic E-state index is 13.9. The number of carbonyl (C=O) groups excluding carboxylic acids is 1. The molecule has 4 aromatic rings. The Morgan fingerprint density at radius 2 is 2.04 bits per heavy atom. The van der Waals surface area contributed by atoms with E-state index >= 15 is 0 Å². The highest BCUT2D eigenvalue weighted by molar-refractivity contribution is 7.07. The van der Waals surface area contributed by atoms with E-state index < -0.39 is 5.91 Å². The summed E-state index contributed by atoms with van der Waals surface area (Å²) in [6.45, 7) is 0.281. The molecule has 0 bridgehead atoms. The summed E-state index contributed by atoms with van der Waals surface area (Å²) < 4.78 is 20.8. The average Bonchev–Trinajstić information content (AvgIpc) is 3.34. The molecule has 0 fully saturated rings. The first kappa shape index (κ1) is 17.0. The van der Waals surface area contributed by atoms with Crippen LogP contribution in [0.3, 0.4) is 0 Å². The molecule has 0 saturated heterocycles. The monoisotopic (exact) mass is 380 g/mol. The van der Waals surface area contributed by atoms with Crippen LogP contribution < -0.4 is 4.80 Å². The minimum Gasteiger partial charge on any atom is -0.355 e. The normalized spacial score (nSPS) is 11.7. The number of hydrogen-bond acceptors (Lipinski definition) is 5. The molecule has 134 valence electrons. The number of halogens is 1. The molecule has 0 N–H and O–H groups in total. The Morgan fingerprint density at radius 1 is 1.22 bits per heavy atom. The van der Waals surface area contributed by atoms with E-state index in [2.05, 4.69) is 15.1 Å².